The van der Waals surface area contributed by atoms with E-state index in [2.05, 4.69) is 10.6 Å². The molecule has 0 spiro atoms. The van der Waals surface area contributed by atoms with Crippen LogP contribution in [0.5, 0.6) is 5.75 Å². The van der Waals surface area contributed by atoms with Gasteiger partial charge < -0.3 is 28.7 Å². The van der Waals surface area contributed by atoms with E-state index in [9.17, 15) is 19.5 Å². The van der Waals surface area contributed by atoms with E-state index in [0.717, 1.165) is 6.42 Å². The lowest BCUT2D eigenvalue weighted by Crippen LogP contribution is -2.55. The highest BCUT2D eigenvalue weighted by molar-refractivity contribution is 7.44. The number of fused-ring (bicyclic) bond motifs is 1. The molecular formula is C18H22N2O7P-. The van der Waals surface area contributed by atoms with Crippen molar-refractivity contribution in [2.75, 3.05) is 19.8 Å². The number of benzene rings is 1. The predicted molar refractivity (Wildman–Crippen MR) is 95.1 cm³/mol. The van der Waals surface area contributed by atoms with Crippen molar-refractivity contribution in [1.29, 1.82) is 5.26 Å². The summed E-state index contributed by atoms with van der Waals surface area (Å²) in [4.78, 5) is 33.7. The second kappa shape index (κ2) is 7.82. The number of phosphoric acid groups is 1. The van der Waals surface area contributed by atoms with Gasteiger partial charge in [-0.25, -0.2) is 0 Å². The molecule has 1 unspecified atom stereocenters. The number of hydrogen-bond donors (Lipinski definition) is 1. The van der Waals surface area contributed by atoms with Crippen LogP contribution in [-0.4, -0.2) is 47.2 Å². The van der Waals surface area contributed by atoms with Crippen LogP contribution in [0.25, 0.3) is 0 Å². The Morgan fingerprint density at radius 3 is 2.82 bits per heavy atom. The van der Waals surface area contributed by atoms with Crippen molar-refractivity contribution in [2.24, 2.45) is 0 Å². The van der Waals surface area contributed by atoms with Crippen molar-refractivity contribution in [3.8, 4) is 11.8 Å². The minimum atomic E-state index is -4.84. The van der Waals surface area contributed by atoms with Crippen LogP contribution in [0.3, 0.4) is 0 Å². The summed E-state index contributed by atoms with van der Waals surface area (Å²) in [5.41, 5.74) is 0.277. The van der Waals surface area contributed by atoms with Crippen molar-refractivity contribution in [2.45, 2.75) is 44.4 Å². The molecule has 1 amide bonds. The van der Waals surface area contributed by atoms with Crippen molar-refractivity contribution >= 4 is 13.7 Å². The third-order valence-electron chi connectivity index (χ3n) is 4.88. The zero-order valence-electron chi connectivity index (χ0n) is 15.7. The third kappa shape index (κ3) is 4.37. The summed E-state index contributed by atoms with van der Waals surface area (Å²) in [6, 6.07) is 6.65. The number of phosphoric ester groups is 1. The Hall–Kier alpha value is -1.95. The zero-order chi connectivity index (χ0) is 20.5. The predicted octanol–water partition coefficient (Wildman–Crippen LogP) is 1.26. The first-order chi connectivity index (χ1) is 13.1. The number of carbonyl (C=O) groups excluding carboxylic acids is 1. The molecule has 2 aliphatic heterocycles. The molecule has 2 aliphatic rings. The van der Waals surface area contributed by atoms with Crippen LogP contribution in [0, 0.1) is 11.3 Å². The molecule has 0 aromatic heterocycles. The highest BCUT2D eigenvalue weighted by atomic mass is 31.2. The maximum absolute atomic E-state index is 12.5. The summed E-state index contributed by atoms with van der Waals surface area (Å²) in [6.45, 7) is 3.69. The standard InChI is InChI=1S/C18H23N2O7P/c1-18(2)17(25-8-9-26-28(22,23)24)16(20-7-3-4-15(20)21)13-10-12(11-19)5-6-14(13)27-18/h5-6,10,16-17H,3-4,7-9H2,1-2H3,(H2,22,23,24)/p-1/t16-,17+/m1/s1. The van der Waals surface area contributed by atoms with Crippen molar-refractivity contribution in [3.05, 3.63) is 29.3 Å². The molecule has 3 atom stereocenters. The van der Waals surface area contributed by atoms with Gasteiger partial charge in [-0.3, -0.25) is 9.36 Å². The number of carbonyl (C=O) groups is 1. The second-order valence-corrected chi connectivity index (χ2v) is 8.49. The molecule has 152 valence electrons. The smallest absolute Gasteiger partial charge is 0.265 e. The van der Waals surface area contributed by atoms with Gasteiger partial charge >= 0.3 is 0 Å². The Kier molecular flexibility index (Phi) is 5.80. The number of hydrogen-bond acceptors (Lipinski definition) is 7. The fourth-order valence-electron chi connectivity index (χ4n) is 3.74. The van der Waals surface area contributed by atoms with Gasteiger partial charge in [0.05, 0.1) is 30.9 Å². The van der Waals surface area contributed by atoms with Crippen LogP contribution in [-0.2, 0) is 18.6 Å². The summed E-state index contributed by atoms with van der Waals surface area (Å²) in [6.07, 6.45) is 0.526. The number of ether oxygens (including phenoxy) is 2. The first-order valence-corrected chi connectivity index (χ1v) is 10.4. The van der Waals surface area contributed by atoms with Gasteiger partial charge in [-0.15, -0.1) is 0 Å². The topological polar surface area (TPSA) is 132 Å². The van der Waals surface area contributed by atoms with Crippen molar-refractivity contribution < 1.29 is 33.1 Å². The summed E-state index contributed by atoms with van der Waals surface area (Å²) < 4.78 is 27.1. The SMILES string of the molecule is CC1(C)Oc2ccc(C#N)cc2[C@@H](N2CCCC2=O)[C@@H]1OCCOP(=O)([O-])O. The Balaban J connectivity index is 1.93. The van der Waals surface area contributed by atoms with Gasteiger partial charge in [0.1, 0.15) is 17.5 Å². The average molecular weight is 409 g/mol. The number of amides is 1. The van der Waals surface area contributed by atoms with Gasteiger partial charge in [0.2, 0.25) is 5.91 Å². The monoisotopic (exact) mass is 409 g/mol. The van der Waals surface area contributed by atoms with Crippen LogP contribution in [0.2, 0.25) is 0 Å². The Labute approximate surface area is 163 Å². The van der Waals surface area contributed by atoms with E-state index < -0.39 is 25.6 Å². The van der Waals surface area contributed by atoms with E-state index in [-0.39, 0.29) is 19.1 Å². The van der Waals surface area contributed by atoms with Crippen LogP contribution in [0.1, 0.15) is 43.9 Å². The lowest BCUT2D eigenvalue weighted by molar-refractivity contribution is -0.221. The molecule has 3 rings (SSSR count). The van der Waals surface area contributed by atoms with E-state index in [0.29, 0.717) is 29.8 Å². The lowest BCUT2D eigenvalue weighted by atomic mass is 9.84. The first-order valence-electron chi connectivity index (χ1n) is 8.95. The molecule has 1 saturated heterocycles. The number of nitriles is 1. The van der Waals surface area contributed by atoms with Crippen molar-refractivity contribution in [3.63, 3.8) is 0 Å². The normalized spacial score (nSPS) is 25.5. The molecule has 1 fully saturated rings. The Bertz CT molecular complexity index is 845. The van der Waals surface area contributed by atoms with Crippen LogP contribution >= 0.6 is 7.82 Å². The third-order valence-corrected chi connectivity index (χ3v) is 5.39. The molecule has 10 heteroatoms. The fraction of sp³-hybridized carbons (Fsp3) is 0.556. The number of nitrogens with zero attached hydrogens (tertiary/aromatic N) is 2. The second-order valence-electron chi connectivity index (χ2n) is 7.30. The van der Waals surface area contributed by atoms with Crippen molar-refractivity contribution in [1.82, 2.24) is 4.90 Å². The molecule has 1 aromatic carbocycles. The van der Waals surface area contributed by atoms with E-state index >= 15 is 0 Å². The number of rotatable bonds is 6. The van der Waals surface area contributed by atoms with E-state index in [1.165, 1.54) is 0 Å². The summed E-state index contributed by atoms with van der Waals surface area (Å²) in [7, 11) is -4.84. The van der Waals surface area contributed by atoms with E-state index in [1.807, 2.05) is 13.8 Å². The van der Waals surface area contributed by atoms with Gasteiger partial charge in [0.25, 0.3) is 7.82 Å². The molecule has 1 N–H and O–H groups in total. The maximum atomic E-state index is 12.5. The fourth-order valence-corrected chi connectivity index (χ4v) is 4.05. The Morgan fingerprint density at radius 2 is 2.21 bits per heavy atom. The van der Waals surface area contributed by atoms with E-state index in [1.54, 1.807) is 23.1 Å². The molecule has 0 bridgehead atoms. The molecule has 1 aromatic rings. The highest BCUT2D eigenvalue weighted by Crippen LogP contribution is 2.46. The number of likely N-dealkylation sites (tertiary alicyclic amines) is 1. The average Bonchev–Trinajstić information content (AvgIpc) is 3.02. The quantitative estimate of drug-likeness (QED) is 0.548. The minimum Gasteiger partial charge on any atom is -0.756 e. The van der Waals surface area contributed by atoms with Gasteiger partial charge in [-0.2, -0.15) is 5.26 Å². The highest BCUT2D eigenvalue weighted by Gasteiger charge is 2.49. The summed E-state index contributed by atoms with van der Waals surface area (Å²) in [5, 5.41) is 9.26. The largest absolute Gasteiger partial charge is 0.756 e. The summed E-state index contributed by atoms with van der Waals surface area (Å²) in [5.74, 6) is 0.560. The Morgan fingerprint density at radius 1 is 1.46 bits per heavy atom. The van der Waals surface area contributed by atoms with Gasteiger partial charge in [0.15, 0.2) is 0 Å². The minimum absolute atomic E-state index is 0.0136. The van der Waals surface area contributed by atoms with Gasteiger partial charge in [-0.05, 0) is 38.5 Å². The van der Waals surface area contributed by atoms with Crippen LogP contribution < -0.4 is 9.63 Å². The van der Waals surface area contributed by atoms with Crippen LogP contribution in [0.4, 0.5) is 0 Å². The summed E-state index contributed by atoms with van der Waals surface area (Å²) >= 11 is 0. The molecule has 0 aliphatic carbocycles. The van der Waals surface area contributed by atoms with Crippen LogP contribution in [0.15, 0.2) is 18.2 Å². The molecule has 0 saturated carbocycles. The molecular weight excluding hydrogens is 387 g/mol. The lowest BCUT2D eigenvalue weighted by Gasteiger charge is -2.47. The molecule has 0 radical (unpaired) electrons. The zero-order valence-corrected chi connectivity index (χ0v) is 16.6. The van der Waals surface area contributed by atoms with Gasteiger partial charge in [-0.1, -0.05) is 0 Å². The molecule has 28 heavy (non-hydrogen) atoms. The van der Waals surface area contributed by atoms with E-state index in [4.69, 9.17) is 14.4 Å². The first kappa shape index (κ1) is 20.8. The molecule has 2 heterocycles. The van der Waals surface area contributed by atoms with Gasteiger partial charge in [0, 0.05) is 18.5 Å². The maximum Gasteiger partial charge on any atom is 0.265 e. The molecule has 9 nitrogen and oxygen atoms in total.